The molecule has 6 heteroatoms. The van der Waals surface area contributed by atoms with E-state index < -0.39 is 0 Å². The molecule has 1 fully saturated rings. The van der Waals surface area contributed by atoms with E-state index in [1.54, 1.807) is 0 Å². The number of aryl methyl sites for hydroxylation is 1. The highest BCUT2D eigenvalue weighted by Gasteiger charge is 2.40. The van der Waals surface area contributed by atoms with E-state index in [0.29, 0.717) is 13.1 Å². The Morgan fingerprint density at radius 2 is 2.13 bits per heavy atom. The molecule has 1 saturated carbocycles. The van der Waals surface area contributed by atoms with Crippen LogP contribution in [0.4, 0.5) is 0 Å². The number of carbonyl (C=O) groups is 1. The summed E-state index contributed by atoms with van der Waals surface area (Å²) in [5.41, 5.74) is 1.96. The van der Waals surface area contributed by atoms with Gasteiger partial charge in [-0.05, 0) is 30.5 Å². The molecule has 0 saturated heterocycles. The van der Waals surface area contributed by atoms with Crippen molar-refractivity contribution >= 4 is 5.91 Å². The molecule has 3 rings (SSSR count). The summed E-state index contributed by atoms with van der Waals surface area (Å²) in [7, 11) is 0. The van der Waals surface area contributed by atoms with Gasteiger partial charge in [-0.3, -0.25) is 4.79 Å². The van der Waals surface area contributed by atoms with E-state index >= 15 is 0 Å². The summed E-state index contributed by atoms with van der Waals surface area (Å²) in [6, 6.07) is 8.38. The summed E-state index contributed by atoms with van der Waals surface area (Å²) in [4.78, 5) is 14.5. The highest BCUT2D eigenvalue weighted by molar-refractivity contribution is 5.88. The highest BCUT2D eigenvalue weighted by Crippen LogP contribution is 2.40. The molecule has 0 unspecified atom stereocenters. The second-order valence-corrected chi connectivity index (χ2v) is 6.30. The highest BCUT2D eigenvalue weighted by atomic mass is 16.2. The third kappa shape index (κ3) is 3.41. The summed E-state index contributed by atoms with van der Waals surface area (Å²) in [5, 5.41) is 14.5. The molecule has 0 radical (unpaired) electrons. The van der Waals surface area contributed by atoms with Crippen LogP contribution < -0.4 is 5.32 Å². The molecule has 0 atom stereocenters. The fraction of sp³-hybridized carbons (Fsp3) is 0.529. The lowest BCUT2D eigenvalue weighted by Crippen LogP contribution is -2.46. The molecule has 1 aromatic carbocycles. The van der Waals surface area contributed by atoms with Gasteiger partial charge >= 0.3 is 0 Å². The molecule has 23 heavy (non-hydrogen) atoms. The van der Waals surface area contributed by atoms with E-state index in [9.17, 15) is 4.79 Å². The monoisotopic (exact) mass is 313 g/mol. The first-order valence-corrected chi connectivity index (χ1v) is 8.27. The van der Waals surface area contributed by atoms with Crippen molar-refractivity contribution < 1.29 is 4.79 Å². The van der Waals surface area contributed by atoms with Crippen LogP contribution in [0.3, 0.4) is 0 Å². The van der Waals surface area contributed by atoms with Crippen molar-refractivity contribution in [3.63, 3.8) is 0 Å². The molecule has 1 aliphatic carbocycles. The molecule has 1 N–H and O–H groups in total. The van der Waals surface area contributed by atoms with Gasteiger partial charge in [-0.2, -0.15) is 4.80 Å². The standard InChI is InChI=1S/C17H23N5O/c1-14-6-5-7-15(12-14)17(8-3-2-4-9-17)16(23)18-10-11-22-20-13-19-21-22/h5-7,12-13H,2-4,8-11H2,1H3,(H,18,23). The first-order chi connectivity index (χ1) is 11.2. The van der Waals surface area contributed by atoms with Gasteiger partial charge in [0.2, 0.25) is 5.91 Å². The Bertz CT molecular complexity index is 647. The van der Waals surface area contributed by atoms with Gasteiger partial charge in [-0.25, -0.2) is 0 Å². The first-order valence-electron chi connectivity index (χ1n) is 8.27. The minimum atomic E-state index is -0.389. The smallest absolute Gasteiger partial charge is 0.230 e. The van der Waals surface area contributed by atoms with Crippen molar-refractivity contribution in [3.8, 4) is 0 Å². The van der Waals surface area contributed by atoms with Crippen molar-refractivity contribution in [1.82, 2.24) is 25.5 Å². The predicted octanol–water partition coefficient (Wildman–Crippen LogP) is 2.00. The number of nitrogens with zero attached hydrogens (tertiary/aromatic N) is 4. The molecule has 0 aliphatic heterocycles. The van der Waals surface area contributed by atoms with Crippen molar-refractivity contribution in [1.29, 1.82) is 0 Å². The van der Waals surface area contributed by atoms with Crippen molar-refractivity contribution in [2.75, 3.05) is 6.54 Å². The third-order valence-electron chi connectivity index (χ3n) is 4.70. The number of nitrogens with one attached hydrogen (secondary N) is 1. The van der Waals surface area contributed by atoms with Gasteiger partial charge in [0.1, 0.15) is 0 Å². The van der Waals surface area contributed by atoms with Gasteiger partial charge < -0.3 is 5.32 Å². The fourth-order valence-corrected chi connectivity index (χ4v) is 3.47. The average Bonchev–Trinajstić information content (AvgIpc) is 3.09. The number of hydrogen-bond donors (Lipinski definition) is 1. The van der Waals surface area contributed by atoms with Crippen LogP contribution in [-0.4, -0.2) is 32.7 Å². The average molecular weight is 313 g/mol. The van der Waals surface area contributed by atoms with Crippen LogP contribution >= 0.6 is 0 Å². The van der Waals surface area contributed by atoms with Crippen LogP contribution in [0.2, 0.25) is 0 Å². The number of amides is 1. The number of aromatic nitrogens is 4. The lowest BCUT2D eigenvalue weighted by molar-refractivity contribution is -0.128. The SMILES string of the molecule is Cc1cccc(C2(C(=O)NCCn3ncnn3)CCCCC2)c1. The van der Waals surface area contributed by atoms with E-state index in [0.717, 1.165) is 31.2 Å². The molecular weight excluding hydrogens is 290 g/mol. The van der Waals surface area contributed by atoms with Gasteiger partial charge in [0.25, 0.3) is 0 Å². The molecule has 1 heterocycles. The Hall–Kier alpha value is -2.24. The maximum absolute atomic E-state index is 13.0. The van der Waals surface area contributed by atoms with E-state index in [1.165, 1.54) is 23.1 Å². The molecule has 122 valence electrons. The summed E-state index contributed by atoms with van der Waals surface area (Å²) in [5.74, 6) is 0.128. The summed E-state index contributed by atoms with van der Waals surface area (Å²) < 4.78 is 0. The van der Waals surface area contributed by atoms with Gasteiger partial charge in [0.05, 0.1) is 12.0 Å². The quantitative estimate of drug-likeness (QED) is 0.916. The van der Waals surface area contributed by atoms with Crippen molar-refractivity contribution in [2.24, 2.45) is 0 Å². The zero-order chi connectivity index (χ0) is 16.1. The summed E-state index contributed by atoms with van der Waals surface area (Å²) in [6.45, 7) is 3.13. The van der Waals surface area contributed by atoms with Crippen LogP contribution in [0.1, 0.15) is 43.2 Å². The van der Waals surface area contributed by atoms with E-state index in [2.05, 4.69) is 45.9 Å². The molecule has 6 nitrogen and oxygen atoms in total. The Kier molecular flexibility index (Phi) is 4.69. The van der Waals surface area contributed by atoms with Crippen LogP contribution in [0.15, 0.2) is 30.6 Å². The van der Waals surface area contributed by atoms with Gasteiger partial charge in [-0.15, -0.1) is 10.2 Å². The van der Waals surface area contributed by atoms with Crippen LogP contribution in [-0.2, 0) is 16.8 Å². The molecular formula is C17H23N5O. The lowest BCUT2D eigenvalue weighted by Gasteiger charge is -2.36. The molecule has 1 aromatic heterocycles. The third-order valence-corrected chi connectivity index (χ3v) is 4.70. The minimum absolute atomic E-state index is 0.128. The first kappa shape index (κ1) is 15.6. The predicted molar refractivity (Wildman–Crippen MR) is 86.8 cm³/mol. The number of rotatable bonds is 5. The Labute approximate surface area is 136 Å². The molecule has 2 aromatic rings. The molecule has 0 spiro atoms. The minimum Gasteiger partial charge on any atom is -0.353 e. The molecule has 0 bridgehead atoms. The summed E-state index contributed by atoms with van der Waals surface area (Å²) in [6.07, 6.45) is 6.66. The zero-order valence-electron chi connectivity index (χ0n) is 13.5. The van der Waals surface area contributed by atoms with Crippen LogP contribution in [0.25, 0.3) is 0 Å². The lowest BCUT2D eigenvalue weighted by atomic mass is 9.68. The zero-order valence-corrected chi connectivity index (χ0v) is 13.5. The maximum atomic E-state index is 13.0. The van der Waals surface area contributed by atoms with Crippen LogP contribution in [0.5, 0.6) is 0 Å². The second kappa shape index (κ2) is 6.89. The van der Waals surface area contributed by atoms with Crippen LogP contribution in [0, 0.1) is 6.92 Å². The Morgan fingerprint density at radius 1 is 1.30 bits per heavy atom. The van der Waals surface area contributed by atoms with E-state index in [4.69, 9.17) is 0 Å². The second-order valence-electron chi connectivity index (χ2n) is 6.30. The maximum Gasteiger partial charge on any atom is 0.230 e. The Morgan fingerprint density at radius 3 is 2.83 bits per heavy atom. The number of tetrazole rings is 1. The molecule has 1 amide bonds. The number of carbonyl (C=O) groups excluding carboxylic acids is 1. The van der Waals surface area contributed by atoms with Gasteiger partial charge in [0.15, 0.2) is 6.33 Å². The Balaban J connectivity index is 1.74. The van der Waals surface area contributed by atoms with E-state index in [1.807, 2.05) is 6.07 Å². The molecule has 1 aliphatic rings. The van der Waals surface area contributed by atoms with E-state index in [-0.39, 0.29) is 11.3 Å². The number of hydrogen-bond acceptors (Lipinski definition) is 4. The van der Waals surface area contributed by atoms with Crippen molar-refractivity contribution in [2.45, 2.75) is 51.0 Å². The van der Waals surface area contributed by atoms with Crippen molar-refractivity contribution in [3.05, 3.63) is 41.7 Å². The topological polar surface area (TPSA) is 72.7 Å². The summed E-state index contributed by atoms with van der Waals surface area (Å²) >= 11 is 0. The fourth-order valence-electron chi connectivity index (χ4n) is 3.47. The normalized spacial score (nSPS) is 16.9. The largest absolute Gasteiger partial charge is 0.353 e. The van der Waals surface area contributed by atoms with Gasteiger partial charge in [0, 0.05) is 6.54 Å². The number of benzene rings is 1. The van der Waals surface area contributed by atoms with Gasteiger partial charge in [-0.1, -0.05) is 49.1 Å².